The van der Waals surface area contributed by atoms with E-state index in [2.05, 4.69) is 33.3 Å². The molecule has 7 nitrogen and oxygen atoms in total. The molecule has 1 N–H and O–H groups in total. The van der Waals surface area contributed by atoms with Crippen molar-refractivity contribution >= 4 is 11.7 Å². The normalized spacial score (nSPS) is 17.8. The lowest BCUT2D eigenvalue weighted by molar-refractivity contribution is 0.185. The Hall–Kier alpha value is -2.93. The highest BCUT2D eigenvalue weighted by Crippen LogP contribution is 2.26. The monoisotopic (exact) mass is 438 g/mol. The number of hydrogen-bond donors (Lipinski definition) is 1. The first-order valence-electron chi connectivity index (χ1n) is 11.5. The molecule has 0 aliphatic carbocycles. The summed E-state index contributed by atoms with van der Waals surface area (Å²) < 4.78 is 10.6. The molecule has 2 amide bonds. The fourth-order valence-corrected chi connectivity index (χ4v) is 4.61. The van der Waals surface area contributed by atoms with Crippen LogP contribution in [0, 0.1) is 0 Å². The molecule has 2 saturated heterocycles. The first-order valence-corrected chi connectivity index (χ1v) is 11.5. The molecule has 0 aromatic heterocycles. The molecular formula is C25H34N4O3. The van der Waals surface area contributed by atoms with Gasteiger partial charge in [-0.3, -0.25) is 4.90 Å². The van der Waals surface area contributed by atoms with Crippen LogP contribution in [0.1, 0.15) is 24.4 Å². The first-order chi connectivity index (χ1) is 15.7. The summed E-state index contributed by atoms with van der Waals surface area (Å²) >= 11 is 0. The van der Waals surface area contributed by atoms with Crippen LogP contribution in [0.4, 0.5) is 10.5 Å². The Balaban J connectivity index is 1.33. The molecule has 4 rings (SSSR count). The number of carbonyl (C=O) groups is 1. The molecule has 2 aliphatic heterocycles. The van der Waals surface area contributed by atoms with Crippen LogP contribution in [-0.2, 0) is 0 Å². The second-order valence-electron chi connectivity index (χ2n) is 8.39. The van der Waals surface area contributed by atoms with E-state index >= 15 is 0 Å². The van der Waals surface area contributed by atoms with Crippen molar-refractivity contribution in [3.05, 3.63) is 54.1 Å². The lowest BCUT2D eigenvalue weighted by Gasteiger charge is -2.36. The maximum atomic E-state index is 12.9. The van der Waals surface area contributed by atoms with Crippen molar-refractivity contribution in [2.45, 2.75) is 18.9 Å². The maximum Gasteiger partial charge on any atom is 0.317 e. The summed E-state index contributed by atoms with van der Waals surface area (Å²) in [6, 6.07) is 16.5. The number of anilines is 1. The van der Waals surface area contributed by atoms with Gasteiger partial charge in [-0.1, -0.05) is 18.2 Å². The SMILES string of the molecule is COc1ccc([C@@H](CNC(=O)N2CCN(c3cccc(OC)c3)CC2)N2CCCC2)cc1. The fourth-order valence-electron chi connectivity index (χ4n) is 4.61. The molecule has 0 spiro atoms. The third-order valence-electron chi connectivity index (χ3n) is 6.51. The molecule has 2 aromatic carbocycles. The second kappa shape index (κ2) is 10.6. The summed E-state index contributed by atoms with van der Waals surface area (Å²) in [6.45, 7) is 5.81. The highest BCUT2D eigenvalue weighted by Gasteiger charge is 2.26. The van der Waals surface area contributed by atoms with Crippen LogP contribution in [0.25, 0.3) is 0 Å². The number of likely N-dealkylation sites (tertiary alicyclic amines) is 1. The number of benzene rings is 2. The van der Waals surface area contributed by atoms with Crippen molar-refractivity contribution in [2.24, 2.45) is 0 Å². The number of piperazine rings is 1. The van der Waals surface area contributed by atoms with Gasteiger partial charge in [0.1, 0.15) is 11.5 Å². The van der Waals surface area contributed by atoms with Crippen molar-refractivity contribution in [2.75, 3.05) is 64.9 Å². The molecule has 2 heterocycles. The van der Waals surface area contributed by atoms with Gasteiger partial charge >= 0.3 is 6.03 Å². The van der Waals surface area contributed by atoms with E-state index in [0.717, 1.165) is 43.4 Å². The number of carbonyl (C=O) groups excluding carboxylic acids is 1. The number of urea groups is 1. The number of amides is 2. The zero-order chi connectivity index (χ0) is 22.3. The number of nitrogens with one attached hydrogen (secondary N) is 1. The average Bonchev–Trinajstić information content (AvgIpc) is 3.39. The summed E-state index contributed by atoms with van der Waals surface area (Å²) in [6.07, 6.45) is 2.43. The summed E-state index contributed by atoms with van der Waals surface area (Å²) in [5.74, 6) is 1.71. The van der Waals surface area contributed by atoms with E-state index < -0.39 is 0 Å². The third kappa shape index (κ3) is 5.27. The van der Waals surface area contributed by atoms with Gasteiger partial charge in [-0.25, -0.2) is 4.79 Å². The molecule has 7 heteroatoms. The molecular weight excluding hydrogens is 404 g/mol. The molecule has 2 aromatic rings. The Bertz CT molecular complexity index is 875. The minimum Gasteiger partial charge on any atom is -0.497 e. The smallest absolute Gasteiger partial charge is 0.317 e. The van der Waals surface area contributed by atoms with Gasteiger partial charge in [0, 0.05) is 44.5 Å². The summed E-state index contributed by atoms with van der Waals surface area (Å²) in [5.41, 5.74) is 2.36. The van der Waals surface area contributed by atoms with E-state index in [0.29, 0.717) is 19.6 Å². The molecule has 0 radical (unpaired) electrons. The van der Waals surface area contributed by atoms with E-state index in [-0.39, 0.29) is 12.1 Å². The van der Waals surface area contributed by atoms with Crippen LogP contribution in [0.5, 0.6) is 11.5 Å². The van der Waals surface area contributed by atoms with E-state index in [1.54, 1.807) is 14.2 Å². The molecule has 172 valence electrons. The lowest BCUT2D eigenvalue weighted by atomic mass is 10.1. The standard InChI is InChI=1S/C25H34N4O3/c1-31-22-10-8-20(9-11-22)24(28-12-3-4-13-28)19-26-25(30)29-16-14-27(15-17-29)21-6-5-7-23(18-21)32-2/h5-11,18,24H,3-4,12-17,19H2,1-2H3,(H,26,30)/t24-/m1/s1. The fraction of sp³-hybridized carbons (Fsp3) is 0.480. The van der Waals surface area contributed by atoms with Crippen molar-refractivity contribution in [3.8, 4) is 11.5 Å². The van der Waals surface area contributed by atoms with Crippen molar-refractivity contribution in [1.29, 1.82) is 0 Å². The largest absolute Gasteiger partial charge is 0.497 e. The number of nitrogens with zero attached hydrogens (tertiary/aromatic N) is 3. The van der Waals surface area contributed by atoms with Crippen molar-refractivity contribution in [1.82, 2.24) is 15.1 Å². The Morgan fingerprint density at radius 1 is 0.906 bits per heavy atom. The quantitative estimate of drug-likeness (QED) is 0.718. The Kier molecular flexibility index (Phi) is 7.37. The topological polar surface area (TPSA) is 57.3 Å². The van der Waals surface area contributed by atoms with Crippen LogP contribution in [0.3, 0.4) is 0 Å². The highest BCUT2D eigenvalue weighted by atomic mass is 16.5. The number of ether oxygens (including phenoxy) is 2. The maximum absolute atomic E-state index is 12.9. The van der Waals surface area contributed by atoms with Gasteiger partial charge < -0.3 is 24.6 Å². The van der Waals surface area contributed by atoms with Gasteiger partial charge in [0.2, 0.25) is 0 Å². The van der Waals surface area contributed by atoms with Crippen LogP contribution < -0.4 is 19.7 Å². The van der Waals surface area contributed by atoms with Crippen LogP contribution in [0.2, 0.25) is 0 Å². The lowest BCUT2D eigenvalue weighted by Crippen LogP contribution is -2.52. The Labute approximate surface area is 190 Å². The molecule has 0 unspecified atom stereocenters. The van der Waals surface area contributed by atoms with Gasteiger partial charge in [-0.2, -0.15) is 0 Å². The zero-order valence-corrected chi connectivity index (χ0v) is 19.1. The molecule has 0 saturated carbocycles. The van der Waals surface area contributed by atoms with Gasteiger partial charge in [0.15, 0.2) is 0 Å². The van der Waals surface area contributed by atoms with Crippen molar-refractivity contribution in [3.63, 3.8) is 0 Å². The summed E-state index contributed by atoms with van der Waals surface area (Å²) in [4.78, 5) is 19.6. The predicted molar refractivity (Wildman–Crippen MR) is 127 cm³/mol. The summed E-state index contributed by atoms with van der Waals surface area (Å²) in [7, 11) is 3.37. The van der Waals surface area contributed by atoms with E-state index in [4.69, 9.17) is 9.47 Å². The Morgan fingerprint density at radius 3 is 2.25 bits per heavy atom. The molecule has 2 fully saturated rings. The molecule has 2 aliphatic rings. The minimum absolute atomic E-state index is 0.0213. The molecule has 32 heavy (non-hydrogen) atoms. The van der Waals surface area contributed by atoms with Crippen LogP contribution >= 0.6 is 0 Å². The second-order valence-corrected chi connectivity index (χ2v) is 8.39. The van der Waals surface area contributed by atoms with Gasteiger partial charge in [0.05, 0.1) is 20.3 Å². The van der Waals surface area contributed by atoms with Crippen molar-refractivity contribution < 1.29 is 14.3 Å². The van der Waals surface area contributed by atoms with Gasteiger partial charge in [-0.15, -0.1) is 0 Å². The first kappa shape index (κ1) is 22.3. The number of rotatable bonds is 7. The van der Waals surface area contributed by atoms with E-state index in [1.165, 1.54) is 18.4 Å². The highest BCUT2D eigenvalue weighted by molar-refractivity contribution is 5.74. The molecule has 0 bridgehead atoms. The average molecular weight is 439 g/mol. The zero-order valence-electron chi connectivity index (χ0n) is 19.1. The van der Waals surface area contributed by atoms with Crippen LogP contribution in [-0.4, -0.2) is 75.9 Å². The van der Waals surface area contributed by atoms with Crippen LogP contribution in [0.15, 0.2) is 48.5 Å². The van der Waals surface area contributed by atoms with Gasteiger partial charge in [0.25, 0.3) is 0 Å². The third-order valence-corrected chi connectivity index (χ3v) is 6.51. The summed E-state index contributed by atoms with van der Waals surface area (Å²) in [5, 5.41) is 3.20. The number of methoxy groups -OCH3 is 2. The van der Waals surface area contributed by atoms with E-state index in [9.17, 15) is 4.79 Å². The van der Waals surface area contributed by atoms with Gasteiger partial charge in [-0.05, 0) is 55.8 Å². The number of hydrogen-bond acceptors (Lipinski definition) is 5. The predicted octanol–water partition coefficient (Wildman–Crippen LogP) is 3.37. The Morgan fingerprint density at radius 2 is 1.59 bits per heavy atom. The molecule has 1 atom stereocenters. The minimum atomic E-state index is 0.0213. The van der Waals surface area contributed by atoms with E-state index in [1.807, 2.05) is 35.2 Å².